The molecule has 0 aromatic carbocycles. The number of carbonyl (C=O) groups is 1. The van der Waals surface area contributed by atoms with Crippen molar-refractivity contribution in [3.63, 3.8) is 0 Å². The monoisotopic (exact) mass is 139 g/mol. The Balaban J connectivity index is 3.46. The van der Waals surface area contributed by atoms with Gasteiger partial charge in [0, 0.05) is 4.91 Å². The molecule has 6 heteroatoms. The van der Waals surface area contributed by atoms with Crippen LogP contribution in [0, 0.1) is 11.3 Å². The molecule has 0 heterocycles. The molecule has 1 amide bonds. The summed E-state index contributed by atoms with van der Waals surface area (Å²) in [5, 5.41) is 13.2. The predicted octanol–water partition coefficient (Wildman–Crippen LogP) is -0.0635. The fraction of sp³-hybridized carbons (Fsp3) is 0.500. The van der Waals surface area contributed by atoms with Gasteiger partial charge in [-0.2, -0.15) is 5.26 Å². The highest BCUT2D eigenvalue weighted by Crippen LogP contribution is 1.70. The molecule has 0 saturated carbocycles. The first-order valence-corrected chi connectivity index (χ1v) is 2.45. The summed E-state index contributed by atoms with van der Waals surface area (Å²) >= 11 is 0. The zero-order valence-electron chi connectivity index (χ0n) is 5.11. The molecule has 52 valence electrons. The topological polar surface area (TPSA) is 102 Å². The van der Waals surface area contributed by atoms with Gasteiger partial charge in [0.1, 0.15) is 13.1 Å². The van der Waals surface area contributed by atoms with E-state index in [0.717, 1.165) is 0 Å². The first-order chi connectivity index (χ1) is 4.81. The van der Waals surface area contributed by atoms with Gasteiger partial charge in [0.2, 0.25) is 5.91 Å². The van der Waals surface area contributed by atoms with E-state index < -0.39 is 5.91 Å². The van der Waals surface area contributed by atoms with E-state index in [-0.39, 0.29) is 13.1 Å². The molecule has 0 unspecified atom stereocenters. The van der Waals surface area contributed by atoms with Gasteiger partial charge in [-0.3, -0.25) is 4.79 Å². The van der Waals surface area contributed by atoms with Crippen LogP contribution in [0.1, 0.15) is 0 Å². The molecule has 0 aromatic heterocycles. The first-order valence-electron chi connectivity index (χ1n) is 2.45. The van der Waals surface area contributed by atoms with Crippen molar-refractivity contribution in [3.05, 3.63) is 10.4 Å². The van der Waals surface area contributed by atoms with Gasteiger partial charge in [0.15, 0.2) is 0 Å². The summed E-state index contributed by atoms with van der Waals surface area (Å²) in [4.78, 5) is 12.8. The van der Waals surface area contributed by atoms with Gasteiger partial charge in [-0.05, 0) is 5.53 Å². The number of nitrogens with one attached hydrogen (secondary N) is 1. The first kappa shape index (κ1) is 8.27. The van der Waals surface area contributed by atoms with Gasteiger partial charge in [-0.1, -0.05) is 5.11 Å². The van der Waals surface area contributed by atoms with Crippen LogP contribution < -0.4 is 5.32 Å². The summed E-state index contributed by atoms with van der Waals surface area (Å²) in [7, 11) is 0. The lowest BCUT2D eigenvalue weighted by atomic mass is 10.6. The van der Waals surface area contributed by atoms with Gasteiger partial charge in [-0.15, -0.1) is 0 Å². The molecule has 0 radical (unpaired) electrons. The second kappa shape index (κ2) is 5.41. The Morgan fingerprint density at radius 3 is 3.10 bits per heavy atom. The fourth-order valence-electron chi connectivity index (χ4n) is 0.290. The predicted molar refractivity (Wildman–Crippen MR) is 32.6 cm³/mol. The van der Waals surface area contributed by atoms with Crippen molar-refractivity contribution in [2.45, 2.75) is 0 Å². The Labute approximate surface area is 57.1 Å². The molecule has 0 aliphatic carbocycles. The van der Waals surface area contributed by atoms with Crippen LogP contribution in [-0.4, -0.2) is 19.0 Å². The molecule has 0 saturated heterocycles. The van der Waals surface area contributed by atoms with E-state index in [0.29, 0.717) is 0 Å². The Morgan fingerprint density at radius 1 is 1.90 bits per heavy atom. The van der Waals surface area contributed by atoms with Crippen LogP contribution in [0.5, 0.6) is 0 Å². The lowest BCUT2D eigenvalue weighted by Gasteiger charge is -1.92. The van der Waals surface area contributed by atoms with E-state index in [2.05, 4.69) is 15.3 Å². The summed E-state index contributed by atoms with van der Waals surface area (Å²) < 4.78 is 0. The molecule has 0 aliphatic heterocycles. The van der Waals surface area contributed by atoms with Crippen LogP contribution >= 0.6 is 0 Å². The highest BCUT2D eigenvalue weighted by molar-refractivity contribution is 5.78. The molecular weight excluding hydrogens is 134 g/mol. The number of nitrogens with zero attached hydrogens (tertiary/aromatic N) is 4. The zero-order valence-corrected chi connectivity index (χ0v) is 5.11. The average Bonchev–Trinajstić information content (AvgIpc) is 1.97. The normalized spacial score (nSPS) is 7.10. The maximum Gasteiger partial charge on any atom is 0.226 e. The minimum atomic E-state index is -0.445. The molecule has 1 N–H and O–H groups in total. The molecule has 10 heavy (non-hydrogen) atoms. The minimum absolute atomic E-state index is 0.0558. The van der Waals surface area contributed by atoms with Crippen LogP contribution in [-0.2, 0) is 4.79 Å². The molecule has 0 aliphatic rings. The smallest absolute Gasteiger partial charge is 0.226 e. The maximum atomic E-state index is 10.4. The Hall–Kier alpha value is -1.73. The number of amides is 1. The van der Waals surface area contributed by atoms with Crippen LogP contribution in [0.15, 0.2) is 5.11 Å². The largest absolute Gasteiger partial charge is 0.343 e. The van der Waals surface area contributed by atoms with E-state index in [1.807, 2.05) is 0 Å². The van der Waals surface area contributed by atoms with E-state index in [9.17, 15) is 4.79 Å². The number of hydrogen-bond acceptors (Lipinski definition) is 3. The molecular formula is C4H5N5O. The summed E-state index contributed by atoms with van der Waals surface area (Å²) in [5.74, 6) is -0.445. The van der Waals surface area contributed by atoms with E-state index in [1.165, 1.54) is 0 Å². The summed E-state index contributed by atoms with van der Waals surface area (Å²) in [5.41, 5.74) is 7.75. The van der Waals surface area contributed by atoms with Gasteiger partial charge in [-0.25, -0.2) is 0 Å². The molecule has 0 bridgehead atoms. The molecule has 0 rings (SSSR count). The molecule has 0 atom stereocenters. The standard InChI is InChI=1S/C4H5N5O/c5-1-2-7-4(10)3-8-9-6/h2-3H2,(H,7,10). The van der Waals surface area contributed by atoms with E-state index >= 15 is 0 Å². The third kappa shape index (κ3) is 4.43. The van der Waals surface area contributed by atoms with E-state index in [4.69, 9.17) is 10.8 Å². The van der Waals surface area contributed by atoms with Crippen molar-refractivity contribution < 1.29 is 4.79 Å². The molecule has 0 fully saturated rings. The van der Waals surface area contributed by atoms with Crippen LogP contribution in [0.25, 0.3) is 10.4 Å². The van der Waals surface area contributed by atoms with Gasteiger partial charge in [0.05, 0.1) is 6.07 Å². The zero-order chi connectivity index (χ0) is 7.82. The summed E-state index contributed by atoms with van der Waals surface area (Å²) in [6, 6.07) is 1.71. The number of hydrogen-bond donors (Lipinski definition) is 1. The second-order valence-corrected chi connectivity index (χ2v) is 1.32. The lowest BCUT2D eigenvalue weighted by molar-refractivity contribution is -0.119. The Kier molecular flexibility index (Phi) is 4.47. The number of rotatable bonds is 3. The van der Waals surface area contributed by atoms with Gasteiger partial charge in [0.25, 0.3) is 0 Å². The average molecular weight is 139 g/mol. The highest BCUT2D eigenvalue weighted by atomic mass is 16.1. The van der Waals surface area contributed by atoms with Crippen molar-refractivity contribution in [2.75, 3.05) is 13.1 Å². The van der Waals surface area contributed by atoms with Crippen LogP contribution in [0.2, 0.25) is 0 Å². The van der Waals surface area contributed by atoms with Gasteiger partial charge < -0.3 is 5.32 Å². The second-order valence-electron chi connectivity index (χ2n) is 1.32. The fourth-order valence-corrected chi connectivity index (χ4v) is 0.290. The Bertz CT molecular complexity index is 198. The van der Waals surface area contributed by atoms with Crippen molar-refractivity contribution in [2.24, 2.45) is 5.11 Å². The molecule has 0 aromatic rings. The summed E-state index contributed by atoms with van der Waals surface area (Å²) in [6.45, 7) is -0.308. The number of nitriles is 1. The van der Waals surface area contributed by atoms with Crippen molar-refractivity contribution in [1.29, 1.82) is 5.26 Å². The van der Waals surface area contributed by atoms with Gasteiger partial charge >= 0.3 is 0 Å². The lowest BCUT2D eigenvalue weighted by Crippen LogP contribution is -2.25. The van der Waals surface area contributed by atoms with Crippen molar-refractivity contribution in [3.8, 4) is 6.07 Å². The summed E-state index contributed by atoms with van der Waals surface area (Å²) in [6.07, 6.45) is 0. The highest BCUT2D eigenvalue weighted by Gasteiger charge is 1.94. The van der Waals surface area contributed by atoms with Crippen molar-refractivity contribution >= 4 is 5.91 Å². The molecule has 6 nitrogen and oxygen atoms in total. The number of carbonyl (C=O) groups excluding carboxylic acids is 1. The maximum absolute atomic E-state index is 10.4. The third-order valence-corrected chi connectivity index (χ3v) is 0.642. The van der Waals surface area contributed by atoms with Crippen molar-refractivity contribution in [1.82, 2.24) is 5.32 Å². The minimum Gasteiger partial charge on any atom is -0.343 e. The van der Waals surface area contributed by atoms with Crippen LogP contribution in [0.3, 0.4) is 0 Å². The quantitative estimate of drug-likeness (QED) is 0.256. The third-order valence-electron chi connectivity index (χ3n) is 0.642. The number of azide groups is 1. The van der Waals surface area contributed by atoms with Crippen LogP contribution in [0.4, 0.5) is 0 Å². The Morgan fingerprint density at radius 2 is 2.60 bits per heavy atom. The van der Waals surface area contributed by atoms with E-state index in [1.54, 1.807) is 6.07 Å². The molecule has 0 spiro atoms. The SMILES string of the molecule is N#CCNC(=O)CN=[N+]=[N-].